The summed E-state index contributed by atoms with van der Waals surface area (Å²) >= 11 is 5.85. The van der Waals surface area contributed by atoms with Crippen LogP contribution in [0, 0.1) is 0 Å². The van der Waals surface area contributed by atoms with Crippen molar-refractivity contribution in [2.75, 3.05) is 17.8 Å². The van der Waals surface area contributed by atoms with Crippen LogP contribution < -0.4 is 4.72 Å². The van der Waals surface area contributed by atoms with Gasteiger partial charge in [0, 0.05) is 19.3 Å². The molecule has 1 N–H and O–H groups in total. The molecule has 1 aromatic heterocycles. The molecule has 16 heavy (non-hydrogen) atoms. The summed E-state index contributed by atoms with van der Waals surface area (Å²) in [5.74, 6) is 0. The Morgan fingerprint density at radius 2 is 2.06 bits per heavy atom. The summed E-state index contributed by atoms with van der Waals surface area (Å²) in [5.41, 5.74) is 0.316. The van der Waals surface area contributed by atoms with Crippen LogP contribution in [0.25, 0.3) is 0 Å². The van der Waals surface area contributed by atoms with E-state index in [0.29, 0.717) is 23.8 Å². The van der Waals surface area contributed by atoms with Crippen molar-refractivity contribution in [1.82, 2.24) is 9.29 Å². The number of pyridine rings is 1. The van der Waals surface area contributed by atoms with Crippen LogP contribution in [-0.2, 0) is 10.2 Å². The van der Waals surface area contributed by atoms with Gasteiger partial charge in [-0.3, -0.25) is 9.71 Å². The van der Waals surface area contributed by atoms with Crippen LogP contribution in [0.4, 0.5) is 5.69 Å². The van der Waals surface area contributed by atoms with Crippen molar-refractivity contribution in [1.29, 1.82) is 0 Å². The van der Waals surface area contributed by atoms with Crippen LogP contribution >= 0.6 is 11.6 Å². The smallest absolute Gasteiger partial charge is 0.268 e. The van der Waals surface area contributed by atoms with Gasteiger partial charge in [-0.15, -0.1) is 0 Å². The standard InChI is InChI=1S/C9H12ClN3O2S/c10-8-3-4-11-7-9(8)12-16(14,15)13-5-1-2-6-13/h3-4,7,12H,1-2,5-6H2. The summed E-state index contributed by atoms with van der Waals surface area (Å²) in [5, 5.41) is 0.345. The van der Waals surface area contributed by atoms with Crippen molar-refractivity contribution in [3.05, 3.63) is 23.5 Å². The van der Waals surface area contributed by atoms with E-state index >= 15 is 0 Å². The first-order chi connectivity index (χ1) is 7.59. The van der Waals surface area contributed by atoms with Crippen LogP contribution in [0.1, 0.15) is 12.8 Å². The molecule has 1 saturated heterocycles. The number of halogens is 1. The normalized spacial score (nSPS) is 17.6. The highest BCUT2D eigenvalue weighted by Crippen LogP contribution is 2.22. The molecule has 0 aliphatic carbocycles. The molecule has 1 aliphatic rings. The summed E-state index contributed by atoms with van der Waals surface area (Å²) in [6.07, 6.45) is 4.72. The SMILES string of the molecule is O=S(=O)(Nc1cnccc1Cl)N1CCCC1. The van der Waals surface area contributed by atoms with E-state index in [4.69, 9.17) is 11.6 Å². The Labute approximate surface area is 99.6 Å². The van der Waals surface area contributed by atoms with Crippen molar-refractivity contribution in [2.45, 2.75) is 12.8 Å². The Morgan fingerprint density at radius 3 is 2.69 bits per heavy atom. The van der Waals surface area contributed by atoms with Gasteiger partial charge in [0.25, 0.3) is 0 Å². The van der Waals surface area contributed by atoms with Gasteiger partial charge in [0.15, 0.2) is 0 Å². The number of rotatable bonds is 3. The van der Waals surface area contributed by atoms with Gasteiger partial charge in [-0.2, -0.15) is 12.7 Å². The topological polar surface area (TPSA) is 62.3 Å². The van der Waals surface area contributed by atoms with Crippen molar-refractivity contribution < 1.29 is 8.42 Å². The number of hydrogen-bond acceptors (Lipinski definition) is 3. The molecular formula is C9H12ClN3O2S. The zero-order valence-corrected chi connectivity index (χ0v) is 10.1. The van der Waals surface area contributed by atoms with Gasteiger partial charge in [-0.25, -0.2) is 0 Å². The minimum absolute atomic E-state index is 0.316. The molecule has 0 spiro atoms. The number of nitrogens with one attached hydrogen (secondary N) is 1. The van der Waals surface area contributed by atoms with Crippen molar-refractivity contribution in [3.8, 4) is 0 Å². The molecular weight excluding hydrogens is 250 g/mol. The predicted octanol–water partition coefficient (Wildman–Crippen LogP) is 1.49. The Morgan fingerprint density at radius 1 is 1.38 bits per heavy atom. The van der Waals surface area contributed by atoms with Crippen LogP contribution in [-0.4, -0.2) is 30.8 Å². The molecule has 88 valence electrons. The maximum Gasteiger partial charge on any atom is 0.301 e. The monoisotopic (exact) mass is 261 g/mol. The second-order valence-corrected chi connectivity index (χ2v) is 5.65. The highest BCUT2D eigenvalue weighted by Gasteiger charge is 2.25. The molecule has 1 aromatic rings. The van der Waals surface area contributed by atoms with Crippen molar-refractivity contribution in [3.63, 3.8) is 0 Å². The van der Waals surface area contributed by atoms with E-state index < -0.39 is 10.2 Å². The van der Waals surface area contributed by atoms with Gasteiger partial charge in [-0.05, 0) is 18.9 Å². The quantitative estimate of drug-likeness (QED) is 0.897. The maximum atomic E-state index is 11.9. The molecule has 7 heteroatoms. The van der Waals surface area contributed by atoms with Crippen LogP contribution in [0.3, 0.4) is 0 Å². The minimum Gasteiger partial charge on any atom is -0.268 e. The maximum absolute atomic E-state index is 11.9. The van der Waals surface area contributed by atoms with Gasteiger partial charge in [0.1, 0.15) is 0 Å². The lowest BCUT2D eigenvalue weighted by Gasteiger charge is -2.17. The molecule has 1 fully saturated rings. The van der Waals surface area contributed by atoms with E-state index in [1.807, 2.05) is 0 Å². The van der Waals surface area contributed by atoms with Gasteiger partial charge in [0.2, 0.25) is 0 Å². The summed E-state index contributed by atoms with van der Waals surface area (Å²) in [7, 11) is -3.48. The third-order valence-electron chi connectivity index (χ3n) is 2.41. The first-order valence-electron chi connectivity index (χ1n) is 4.97. The van der Waals surface area contributed by atoms with Crippen LogP contribution in [0.5, 0.6) is 0 Å². The number of anilines is 1. The fourth-order valence-electron chi connectivity index (χ4n) is 1.58. The summed E-state index contributed by atoms with van der Waals surface area (Å²) in [6.45, 7) is 1.13. The fourth-order valence-corrected chi connectivity index (χ4v) is 3.10. The molecule has 0 unspecified atom stereocenters. The minimum atomic E-state index is -3.48. The first kappa shape index (κ1) is 11.6. The second-order valence-electron chi connectivity index (χ2n) is 3.57. The lowest BCUT2D eigenvalue weighted by atomic mass is 10.4. The zero-order valence-electron chi connectivity index (χ0n) is 8.56. The van der Waals surface area contributed by atoms with E-state index in [0.717, 1.165) is 12.8 Å². The zero-order chi connectivity index (χ0) is 11.6. The van der Waals surface area contributed by atoms with E-state index in [1.165, 1.54) is 16.7 Å². The Balaban J connectivity index is 2.18. The molecule has 2 heterocycles. The molecule has 0 saturated carbocycles. The Bertz CT molecular complexity index is 471. The molecule has 2 rings (SSSR count). The molecule has 0 amide bonds. The summed E-state index contributed by atoms with van der Waals surface area (Å²) in [6, 6.07) is 1.55. The largest absolute Gasteiger partial charge is 0.301 e. The molecule has 0 aromatic carbocycles. The average molecular weight is 262 g/mol. The Hall–Kier alpha value is -0.850. The molecule has 1 aliphatic heterocycles. The Kier molecular flexibility index (Phi) is 3.32. The third-order valence-corrected chi connectivity index (χ3v) is 4.26. The van der Waals surface area contributed by atoms with E-state index in [1.54, 1.807) is 6.07 Å². The lowest BCUT2D eigenvalue weighted by Crippen LogP contribution is -2.33. The van der Waals surface area contributed by atoms with Crippen molar-refractivity contribution in [2.24, 2.45) is 0 Å². The van der Waals surface area contributed by atoms with Crippen LogP contribution in [0.15, 0.2) is 18.5 Å². The second kappa shape index (κ2) is 4.57. The van der Waals surface area contributed by atoms with Gasteiger partial charge >= 0.3 is 10.2 Å². The van der Waals surface area contributed by atoms with Gasteiger partial charge in [-0.1, -0.05) is 11.6 Å². The van der Waals surface area contributed by atoms with Crippen LogP contribution in [0.2, 0.25) is 5.02 Å². The fraction of sp³-hybridized carbons (Fsp3) is 0.444. The predicted molar refractivity (Wildman–Crippen MR) is 62.6 cm³/mol. The highest BCUT2D eigenvalue weighted by atomic mass is 35.5. The number of aromatic nitrogens is 1. The summed E-state index contributed by atoms with van der Waals surface area (Å²) < 4.78 is 27.6. The first-order valence-corrected chi connectivity index (χ1v) is 6.79. The van der Waals surface area contributed by atoms with E-state index in [-0.39, 0.29) is 0 Å². The average Bonchev–Trinajstić information content (AvgIpc) is 2.75. The highest BCUT2D eigenvalue weighted by molar-refractivity contribution is 7.90. The number of hydrogen-bond donors (Lipinski definition) is 1. The van der Waals surface area contributed by atoms with E-state index in [2.05, 4.69) is 9.71 Å². The molecule has 0 atom stereocenters. The lowest BCUT2D eigenvalue weighted by molar-refractivity contribution is 0.482. The van der Waals surface area contributed by atoms with E-state index in [9.17, 15) is 8.42 Å². The molecule has 5 nitrogen and oxygen atoms in total. The van der Waals surface area contributed by atoms with Crippen molar-refractivity contribution >= 4 is 27.5 Å². The molecule has 0 radical (unpaired) electrons. The summed E-state index contributed by atoms with van der Waals surface area (Å²) in [4.78, 5) is 3.83. The third kappa shape index (κ3) is 2.45. The number of nitrogens with zero attached hydrogens (tertiary/aromatic N) is 2. The van der Waals surface area contributed by atoms with Gasteiger partial charge < -0.3 is 0 Å². The van der Waals surface area contributed by atoms with Gasteiger partial charge in [0.05, 0.1) is 16.9 Å². The molecule has 0 bridgehead atoms.